The molecule has 136 valence electrons. The summed E-state index contributed by atoms with van der Waals surface area (Å²) in [6, 6.07) is 10.6. The van der Waals surface area contributed by atoms with Crippen molar-refractivity contribution in [3.63, 3.8) is 0 Å². The fourth-order valence-electron chi connectivity index (χ4n) is 3.64. The number of unbranched alkanes of at least 4 members (excludes halogenated alkanes) is 3. The molecule has 0 amide bonds. The zero-order valence-electron chi connectivity index (χ0n) is 16.3. The summed E-state index contributed by atoms with van der Waals surface area (Å²) in [4.78, 5) is 3.48. The van der Waals surface area contributed by atoms with Crippen LogP contribution in [-0.4, -0.2) is 39.9 Å². The van der Waals surface area contributed by atoms with Crippen molar-refractivity contribution in [2.75, 3.05) is 11.6 Å². The van der Waals surface area contributed by atoms with Gasteiger partial charge in [-0.15, -0.1) is 0 Å². The summed E-state index contributed by atoms with van der Waals surface area (Å²) in [5.41, 5.74) is 1.21. The Bertz CT molecular complexity index is 438. The number of rotatable bonds is 12. The molecule has 0 bridgehead atoms. The molecule has 0 N–H and O–H groups in total. The van der Waals surface area contributed by atoms with E-state index in [1.165, 1.54) is 48.6 Å². The van der Waals surface area contributed by atoms with Crippen LogP contribution in [-0.2, 0) is 0 Å². The van der Waals surface area contributed by atoms with Crippen LogP contribution in [0.25, 0.3) is 0 Å². The monoisotopic (exact) mass is 455 g/mol. The van der Waals surface area contributed by atoms with Crippen LogP contribution in [0.5, 0.6) is 0 Å². The van der Waals surface area contributed by atoms with Crippen molar-refractivity contribution in [1.29, 1.82) is 0 Å². The molecule has 3 heteroatoms. The van der Waals surface area contributed by atoms with Crippen LogP contribution in [0, 0.1) is 0 Å². The third-order valence-corrected chi connectivity index (χ3v) is 21.0. The number of benzene rings is 1. The Morgan fingerprint density at radius 1 is 0.875 bits per heavy atom. The molecule has 1 aromatic rings. The van der Waals surface area contributed by atoms with Gasteiger partial charge in [0.2, 0.25) is 0 Å². The van der Waals surface area contributed by atoms with Crippen molar-refractivity contribution in [3.05, 3.63) is 35.9 Å². The van der Waals surface area contributed by atoms with Gasteiger partial charge in [0.05, 0.1) is 0 Å². The molecule has 1 aromatic carbocycles. The van der Waals surface area contributed by atoms with Crippen LogP contribution in [0.1, 0.15) is 64.9 Å². The Morgan fingerprint density at radius 2 is 1.33 bits per heavy atom. The van der Waals surface area contributed by atoms with Gasteiger partial charge in [-0.1, -0.05) is 0 Å². The second-order valence-corrected chi connectivity index (χ2v) is 21.5. The van der Waals surface area contributed by atoms with Gasteiger partial charge in [0.1, 0.15) is 0 Å². The molecule has 0 saturated heterocycles. The summed E-state index contributed by atoms with van der Waals surface area (Å²) in [6.45, 7) is 7.03. The van der Waals surface area contributed by atoms with Gasteiger partial charge in [-0.25, -0.2) is 0 Å². The Labute approximate surface area is 160 Å². The van der Waals surface area contributed by atoms with Gasteiger partial charge in [-0.3, -0.25) is 0 Å². The molecule has 0 radical (unpaired) electrons. The molecule has 0 aliphatic carbocycles. The van der Waals surface area contributed by atoms with E-state index in [1.807, 2.05) is 0 Å². The normalized spacial score (nSPS) is 11.5. The minimum absolute atomic E-state index is 1.04. The topological polar surface area (TPSA) is 3.24 Å². The zero-order chi connectivity index (χ0) is 17.8. The van der Waals surface area contributed by atoms with Crippen LogP contribution in [0.2, 0.25) is 13.3 Å². The first-order valence-corrected chi connectivity index (χ1v) is 18.4. The van der Waals surface area contributed by atoms with Crippen LogP contribution in [0.3, 0.4) is 0 Å². The van der Waals surface area contributed by atoms with Crippen LogP contribution >= 0.6 is 12.2 Å². The average molecular weight is 454 g/mol. The van der Waals surface area contributed by atoms with Gasteiger partial charge >= 0.3 is 161 Å². The second-order valence-electron chi connectivity index (χ2n) is 7.34. The summed E-state index contributed by atoms with van der Waals surface area (Å²) in [5, 5.41) is 0. The molecule has 1 nitrogen and oxygen atoms in total. The molecule has 0 heterocycles. The SMILES string of the molecule is CCC[CH2][Sn]([CH2]CCC)([CH2]CCC)[CH2]N(C)C(=S)c1ccccc1. The Kier molecular flexibility index (Phi) is 11.2. The molecule has 0 spiro atoms. The fraction of sp³-hybridized carbons (Fsp3) is 0.667. The maximum absolute atomic E-state index is 5.81. The maximum atomic E-state index is 5.81. The van der Waals surface area contributed by atoms with Gasteiger partial charge < -0.3 is 0 Å². The van der Waals surface area contributed by atoms with Gasteiger partial charge in [0.25, 0.3) is 0 Å². The first kappa shape index (κ1) is 22.0. The molecule has 0 fully saturated rings. The quantitative estimate of drug-likeness (QED) is 0.256. The summed E-state index contributed by atoms with van der Waals surface area (Å²) in [6.07, 6.45) is 8.29. The number of thiocarbonyl (C=S) groups is 1. The van der Waals surface area contributed by atoms with E-state index in [-0.39, 0.29) is 0 Å². The Balaban J connectivity index is 2.88. The molecule has 0 aliphatic rings. The van der Waals surface area contributed by atoms with E-state index < -0.39 is 18.4 Å². The standard InChI is InChI=1S/C9H10NS.3C4H9.Sn/c1-10(2)9(11)8-6-4-3-5-7-8;3*1-3-4-2;/h3-7H,1H2,2H3;3*1,3-4H2,2H3;. The molecule has 0 aromatic heterocycles. The summed E-state index contributed by atoms with van der Waals surface area (Å²) in [5.74, 6) is 0. The Hall–Kier alpha value is -0.0913. The first-order valence-electron chi connectivity index (χ1n) is 9.89. The average Bonchev–Trinajstić information content (AvgIpc) is 2.62. The van der Waals surface area contributed by atoms with E-state index in [0.29, 0.717) is 0 Å². The fourth-order valence-corrected chi connectivity index (χ4v) is 20.4. The third-order valence-electron chi connectivity index (χ3n) is 5.12. The predicted octanol–water partition coefficient (Wildman–Crippen LogP) is 6.68. The number of hydrogen-bond donors (Lipinski definition) is 0. The molecule has 0 unspecified atom stereocenters. The molecule has 0 aliphatic heterocycles. The predicted molar refractivity (Wildman–Crippen MR) is 116 cm³/mol. The van der Waals surface area contributed by atoms with Gasteiger partial charge in [0.15, 0.2) is 0 Å². The molecule has 24 heavy (non-hydrogen) atoms. The summed E-state index contributed by atoms with van der Waals surface area (Å²) >= 11 is 3.66. The van der Waals surface area contributed by atoms with Crippen LogP contribution < -0.4 is 0 Å². The van der Waals surface area contributed by atoms with Gasteiger partial charge in [0, 0.05) is 0 Å². The second kappa shape index (κ2) is 12.3. The van der Waals surface area contributed by atoms with Crippen molar-refractivity contribution >= 4 is 35.6 Å². The number of hydrogen-bond acceptors (Lipinski definition) is 1. The summed E-state index contributed by atoms with van der Waals surface area (Å²) < 4.78 is 5.95. The first-order chi connectivity index (χ1) is 11.6. The molecule has 1 rings (SSSR count). The third kappa shape index (κ3) is 7.43. The molecule has 0 atom stereocenters. The van der Waals surface area contributed by atoms with Crippen molar-refractivity contribution in [3.8, 4) is 0 Å². The van der Waals surface area contributed by atoms with Crippen molar-refractivity contribution in [2.24, 2.45) is 0 Å². The Morgan fingerprint density at radius 3 is 1.75 bits per heavy atom. The van der Waals surface area contributed by atoms with E-state index in [9.17, 15) is 0 Å². The van der Waals surface area contributed by atoms with E-state index in [1.54, 1.807) is 13.3 Å². The van der Waals surface area contributed by atoms with Gasteiger partial charge in [-0.2, -0.15) is 0 Å². The molecular formula is C21H37NSSn. The van der Waals surface area contributed by atoms with Crippen molar-refractivity contribution in [2.45, 2.75) is 72.6 Å². The van der Waals surface area contributed by atoms with Crippen molar-refractivity contribution < 1.29 is 0 Å². The minimum atomic E-state index is -2.15. The zero-order valence-corrected chi connectivity index (χ0v) is 20.0. The van der Waals surface area contributed by atoms with E-state index >= 15 is 0 Å². The van der Waals surface area contributed by atoms with E-state index in [0.717, 1.165) is 4.99 Å². The van der Waals surface area contributed by atoms with Crippen molar-refractivity contribution in [1.82, 2.24) is 4.90 Å². The van der Waals surface area contributed by atoms with Crippen LogP contribution in [0.4, 0.5) is 0 Å². The van der Waals surface area contributed by atoms with E-state index in [4.69, 9.17) is 12.2 Å². The molecular weight excluding hydrogens is 417 g/mol. The van der Waals surface area contributed by atoms with Crippen LogP contribution in [0.15, 0.2) is 30.3 Å². The van der Waals surface area contributed by atoms with Gasteiger partial charge in [-0.05, 0) is 0 Å². The number of nitrogens with zero attached hydrogens (tertiary/aromatic N) is 1. The summed E-state index contributed by atoms with van der Waals surface area (Å²) in [7, 11) is 2.24. The van der Waals surface area contributed by atoms with E-state index in [2.05, 4.69) is 63.1 Å². The molecule has 0 saturated carbocycles.